The molecular weight excluding hydrogens is 316 g/mol. The van der Waals surface area contributed by atoms with Crippen molar-refractivity contribution >= 4 is 16.0 Å². The number of piperidine rings is 1. The molecule has 0 bridgehead atoms. The predicted molar refractivity (Wildman–Crippen MR) is 87.8 cm³/mol. The topological polar surface area (TPSA) is 84.4 Å². The highest BCUT2D eigenvalue weighted by molar-refractivity contribution is 7.88. The van der Waals surface area contributed by atoms with Gasteiger partial charge in [0.25, 0.3) is 0 Å². The summed E-state index contributed by atoms with van der Waals surface area (Å²) < 4.78 is 31.0. The lowest BCUT2D eigenvalue weighted by molar-refractivity contribution is 0.0954. The molecule has 0 amide bonds. The lowest BCUT2D eigenvalue weighted by Gasteiger charge is -2.36. The van der Waals surface area contributed by atoms with Crippen molar-refractivity contribution in [2.75, 3.05) is 37.4 Å². The van der Waals surface area contributed by atoms with Crippen molar-refractivity contribution in [3.63, 3.8) is 0 Å². The van der Waals surface area contributed by atoms with E-state index in [1.165, 1.54) is 6.26 Å². The molecule has 0 spiro atoms. The van der Waals surface area contributed by atoms with Gasteiger partial charge < -0.3 is 9.64 Å². The highest BCUT2D eigenvalue weighted by atomic mass is 32.2. The van der Waals surface area contributed by atoms with Crippen LogP contribution in [0.3, 0.4) is 0 Å². The predicted octanol–water partition coefficient (Wildman–Crippen LogP) is 0.430. The maximum absolute atomic E-state index is 11.3. The molecule has 0 unspecified atom stereocenters. The van der Waals surface area contributed by atoms with Crippen LogP contribution in [0.4, 0.5) is 5.95 Å². The first-order valence-corrected chi connectivity index (χ1v) is 9.97. The number of rotatable bonds is 5. The molecule has 0 aliphatic carbocycles. The molecule has 3 atom stereocenters. The zero-order valence-electron chi connectivity index (χ0n) is 13.6. The van der Waals surface area contributed by atoms with E-state index in [0.717, 1.165) is 37.4 Å². The Morgan fingerprint density at radius 1 is 1.39 bits per heavy atom. The van der Waals surface area contributed by atoms with E-state index in [0.29, 0.717) is 25.0 Å². The number of ether oxygens (including phenoxy) is 1. The monoisotopic (exact) mass is 340 g/mol. The van der Waals surface area contributed by atoms with Crippen LogP contribution in [0.1, 0.15) is 18.9 Å². The molecule has 1 aromatic rings. The average Bonchev–Trinajstić information content (AvgIpc) is 2.94. The zero-order chi connectivity index (χ0) is 16.4. The third-order valence-corrected chi connectivity index (χ3v) is 5.43. The fraction of sp³-hybridized carbons (Fsp3) is 0.733. The summed E-state index contributed by atoms with van der Waals surface area (Å²) in [6.45, 7) is 4.86. The molecular formula is C15H24N4O3S. The molecule has 1 N–H and O–H groups in total. The number of nitrogens with zero attached hydrogens (tertiary/aromatic N) is 3. The molecule has 2 fully saturated rings. The molecule has 0 radical (unpaired) electrons. The van der Waals surface area contributed by atoms with E-state index in [4.69, 9.17) is 4.74 Å². The fourth-order valence-corrected chi connectivity index (χ4v) is 3.82. The Labute approximate surface area is 137 Å². The van der Waals surface area contributed by atoms with Gasteiger partial charge in [-0.1, -0.05) is 6.92 Å². The molecule has 2 aliphatic heterocycles. The number of anilines is 1. The first kappa shape index (κ1) is 16.6. The van der Waals surface area contributed by atoms with Crippen molar-refractivity contribution in [2.24, 2.45) is 11.8 Å². The molecule has 0 saturated carbocycles. The summed E-state index contributed by atoms with van der Waals surface area (Å²) in [5.41, 5.74) is 1.13. The molecule has 23 heavy (non-hydrogen) atoms. The van der Waals surface area contributed by atoms with Crippen LogP contribution >= 0.6 is 0 Å². The highest BCUT2D eigenvalue weighted by Crippen LogP contribution is 2.34. The van der Waals surface area contributed by atoms with Crippen molar-refractivity contribution in [3.8, 4) is 0 Å². The van der Waals surface area contributed by atoms with E-state index in [1.807, 2.05) is 12.4 Å². The zero-order valence-corrected chi connectivity index (χ0v) is 14.4. The molecule has 2 aliphatic rings. The van der Waals surface area contributed by atoms with Crippen molar-refractivity contribution in [1.29, 1.82) is 0 Å². The third-order valence-electron chi connectivity index (χ3n) is 4.74. The number of aromatic nitrogens is 2. The largest absolute Gasteiger partial charge is 0.376 e. The standard InChI is InChI=1S/C15H24N4O3S/c1-3-11-6-16-15(17-7-11)19-5-4-12-10-22-14(13(12)9-19)8-18-23(2,20)21/h6-7,12-14,18H,3-5,8-10H2,1-2H3/t12-,13-,14+/m1/s1. The van der Waals surface area contributed by atoms with Gasteiger partial charge in [-0.05, 0) is 24.3 Å². The first-order valence-electron chi connectivity index (χ1n) is 8.08. The first-order chi connectivity index (χ1) is 11.0. The smallest absolute Gasteiger partial charge is 0.225 e. The van der Waals surface area contributed by atoms with Gasteiger partial charge in [0.15, 0.2) is 0 Å². The molecule has 8 heteroatoms. The minimum absolute atomic E-state index is 0.0764. The van der Waals surface area contributed by atoms with Crippen LogP contribution in [-0.4, -0.2) is 57.0 Å². The molecule has 3 rings (SSSR count). The summed E-state index contributed by atoms with van der Waals surface area (Å²) in [7, 11) is -3.19. The van der Waals surface area contributed by atoms with Crippen LogP contribution in [0.15, 0.2) is 12.4 Å². The second-order valence-electron chi connectivity index (χ2n) is 6.40. The summed E-state index contributed by atoms with van der Waals surface area (Å²) in [5, 5.41) is 0. The Hall–Kier alpha value is -1.25. The van der Waals surface area contributed by atoms with Gasteiger partial charge in [-0.25, -0.2) is 23.1 Å². The second-order valence-corrected chi connectivity index (χ2v) is 8.23. The van der Waals surface area contributed by atoms with Crippen LogP contribution < -0.4 is 9.62 Å². The molecule has 1 aromatic heterocycles. The maximum atomic E-state index is 11.3. The minimum atomic E-state index is -3.19. The summed E-state index contributed by atoms with van der Waals surface area (Å²) in [4.78, 5) is 11.1. The van der Waals surface area contributed by atoms with E-state index < -0.39 is 10.0 Å². The van der Waals surface area contributed by atoms with Crippen molar-refractivity contribution < 1.29 is 13.2 Å². The molecule has 7 nitrogen and oxygen atoms in total. The van der Waals surface area contributed by atoms with E-state index in [1.54, 1.807) is 0 Å². The maximum Gasteiger partial charge on any atom is 0.225 e. The normalized spacial score (nSPS) is 27.9. The van der Waals surface area contributed by atoms with Crippen molar-refractivity contribution in [2.45, 2.75) is 25.9 Å². The summed E-state index contributed by atoms with van der Waals surface area (Å²) >= 11 is 0. The Balaban J connectivity index is 1.66. The van der Waals surface area contributed by atoms with Crippen LogP contribution in [0, 0.1) is 11.8 Å². The van der Waals surface area contributed by atoms with Gasteiger partial charge >= 0.3 is 0 Å². The Bertz CT molecular complexity index is 635. The number of aryl methyl sites for hydroxylation is 1. The van der Waals surface area contributed by atoms with E-state index in [-0.39, 0.29) is 6.10 Å². The highest BCUT2D eigenvalue weighted by Gasteiger charge is 2.41. The lowest BCUT2D eigenvalue weighted by atomic mass is 9.85. The average molecular weight is 340 g/mol. The fourth-order valence-electron chi connectivity index (χ4n) is 3.35. The molecule has 0 aromatic carbocycles. The summed E-state index contributed by atoms with van der Waals surface area (Å²) in [6.07, 6.45) is 6.81. The second kappa shape index (κ2) is 6.70. The minimum Gasteiger partial charge on any atom is -0.376 e. The molecule has 3 heterocycles. The number of nitrogens with one attached hydrogen (secondary N) is 1. The SMILES string of the molecule is CCc1cnc(N2CC[C@@H]3CO[C@@H](CNS(C)(=O)=O)[C@@H]3C2)nc1. The number of fused-ring (bicyclic) bond motifs is 1. The van der Waals surface area contributed by atoms with Gasteiger partial charge in [0.05, 0.1) is 19.0 Å². The molecule has 2 saturated heterocycles. The van der Waals surface area contributed by atoms with Gasteiger partial charge in [0, 0.05) is 37.9 Å². The summed E-state index contributed by atoms with van der Waals surface area (Å²) in [6, 6.07) is 0. The lowest BCUT2D eigenvalue weighted by Crippen LogP contribution is -2.45. The van der Waals surface area contributed by atoms with Crippen LogP contribution in [0.5, 0.6) is 0 Å². The number of sulfonamides is 1. The Morgan fingerprint density at radius 3 is 2.78 bits per heavy atom. The van der Waals surface area contributed by atoms with E-state index >= 15 is 0 Å². The van der Waals surface area contributed by atoms with Crippen molar-refractivity contribution in [1.82, 2.24) is 14.7 Å². The van der Waals surface area contributed by atoms with Crippen LogP contribution in [0.2, 0.25) is 0 Å². The van der Waals surface area contributed by atoms with Crippen molar-refractivity contribution in [3.05, 3.63) is 18.0 Å². The van der Waals surface area contributed by atoms with Crippen LogP contribution in [-0.2, 0) is 21.2 Å². The number of hydrogen-bond donors (Lipinski definition) is 1. The quantitative estimate of drug-likeness (QED) is 0.837. The van der Waals surface area contributed by atoms with Gasteiger partial charge in [-0.15, -0.1) is 0 Å². The third kappa shape index (κ3) is 3.99. The van der Waals surface area contributed by atoms with Gasteiger partial charge in [0.1, 0.15) is 0 Å². The van der Waals surface area contributed by atoms with Gasteiger partial charge in [-0.3, -0.25) is 0 Å². The van der Waals surface area contributed by atoms with Crippen LogP contribution in [0.25, 0.3) is 0 Å². The molecule has 128 valence electrons. The number of hydrogen-bond acceptors (Lipinski definition) is 6. The van der Waals surface area contributed by atoms with E-state index in [2.05, 4.69) is 26.5 Å². The van der Waals surface area contributed by atoms with Gasteiger partial charge in [0.2, 0.25) is 16.0 Å². The Kier molecular flexibility index (Phi) is 4.84. The van der Waals surface area contributed by atoms with E-state index in [9.17, 15) is 8.42 Å². The summed E-state index contributed by atoms with van der Waals surface area (Å²) in [5.74, 6) is 1.56. The van der Waals surface area contributed by atoms with Gasteiger partial charge in [-0.2, -0.15) is 0 Å². The Morgan fingerprint density at radius 2 is 2.13 bits per heavy atom.